The van der Waals surface area contributed by atoms with Crippen LogP contribution in [0.1, 0.15) is 42.7 Å². The Hall–Kier alpha value is -2.40. The number of methoxy groups -OCH3 is 1. The van der Waals surface area contributed by atoms with Gasteiger partial charge in [-0.1, -0.05) is 37.1 Å². The zero-order valence-corrected chi connectivity index (χ0v) is 16.9. The van der Waals surface area contributed by atoms with Gasteiger partial charge in [0.15, 0.2) is 0 Å². The van der Waals surface area contributed by atoms with Crippen molar-refractivity contribution in [3.8, 4) is 5.75 Å². The fourth-order valence-corrected chi connectivity index (χ4v) is 4.86. The zero-order valence-electron chi connectivity index (χ0n) is 16.9. The van der Waals surface area contributed by atoms with Gasteiger partial charge in [0.2, 0.25) is 5.91 Å². The van der Waals surface area contributed by atoms with Gasteiger partial charge in [-0.05, 0) is 54.8 Å². The van der Waals surface area contributed by atoms with Crippen LogP contribution < -0.4 is 10.1 Å². The molecule has 2 fully saturated rings. The Morgan fingerprint density at radius 2 is 2.03 bits per heavy atom. The van der Waals surface area contributed by atoms with E-state index in [-0.39, 0.29) is 29.7 Å². The maximum atomic E-state index is 13.9. The van der Waals surface area contributed by atoms with Crippen LogP contribution in [-0.2, 0) is 11.2 Å². The Morgan fingerprint density at radius 3 is 2.86 bits per heavy atom. The maximum Gasteiger partial charge on any atom is 0.227 e. The minimum Gasteiger partial charge on any atom is -0.497 e. The van der Waals surface area contributed by atoms with Crippen molar-refractivity contribution in [1.29, 1.82) is 0 Å². The van der Waals surface area contributed by atoms with Crippen molar-refractivity contribution in [2.24, 2.45) is 0 Å². The molecule has 1 N–H and O–H groups in total. The molecular formula is C24H29FN2O2. The monoisotopic (exact) mass is 396 g/mol. The summed E-state index contributed by atoms with van der Waals surface area (Å²) in [6.07, 6.45) is 4.81. The molecule has 0 unspecified atom stereocenters. The molecule has 0 bridgehead atoms. The number of benzene rings is 2. The van der Waals surface area contributed by atoms with Crippen molar-refractivity contribution in [2.75, 3.05) is 20.2 Å². The van der Waals surface area contributed by atoms with E-state index in [1.807, 2.05) is 35.2 Å². The van der Waals surface area contributed by atoms with Gasteiger partial charge >= 0.3 is 0 Å². The van der Waals surface area contributed by atoms with E-state index in [1.165, 1.54) is 12.5 Å². The third-order valence-corrected chi connectivity index (χ3v) is 6.29. The molecule has 0 aromatic heterocycles. The van der Waals surface area contributed by atoms with Crippen LogP contribution in [0.5, 0.6) is 5.75 Å². The summed E-state index contributed by atoms with van der Waals surface area (Å²) in [6, 6.07) is 14.9. The quantitative estimate of drug-likeness (QED) is 0.852. The molecule has 1 amide bonds. The topological polar surface area (TPSA) is 41.6 Å². The fourth-order valence-electron chi connectivity index (χ4n) is 4.86. The number of halogens is 1. The lowest BCUT2D eigenvalue weighted by molar-refractivity contribution is -0.131. The summed E-state index contributed by atoms with van der Waals surface area (Å²) < 4.78 is 19.2. The summed E-state index contributed by atoms with van der Waals surface area (Å²) in [5.74, 6) is 0.795. The second-order valence-electron chi connectivity index (χ2n) is 8.13. The number of hydrogen-bond acceptors (Lipinski definition) is 3. The number of amides is 1. The van der Waals surface area contributed by atoms with Crippen molar-refractivity contribution >= 4 is 5.91 Å². The molecule has 2 aliphatic rings. The first-order chi connectivity index (χ1) is 14.2. The number of nitrogens with zero attached hydrogens (tertiary/aromatic N) is 1. The zero-order chi connectivity index (χ0) is 20.2. The molecule has 2 saturated heterocycles. The number of carbonyl (C=O) groups excluding carboxylic acids is 1. The number of ether oxygens (including phenoxy) is 1. The summed E-state index contributed by atoms with van der Waals surface area (Å²) in [4.78, 5) is 15.3. The van der Waals surface area contributed by atoms with Crippen molar-refractivity contribution < 1.29 is 13.9 Å². The third kappa shape index (κ3) is 4.45. The molecule has 4 nitrogen and oxygen atoms in total. The van der Waals surface area contributed by atoms with Crippen LogP contribution >= 0.6 is 0 Å². The first-order valence-corrected chi connectivity index (χ1v) is 10.6. The van der Waals surface area contributed by atoms with E-state index in [1.54, 1.807) is 19.2 Å². The van der Waals surface area contributed by atoms with E-state index in [4.69, 9.17) is 4.74 Å². The van der Waals surface area contributed by atoms with Crippen LogP contribution in [0.2, 0.25) is 0 Å². The average molecular weight is 397 g/mol. The highest BCUT2D eigenvalue weighted by Gasteiger charge is 2.44. The lowest BCUT2D eigenvalue weighted by Crippen LogP contribution is -2.47. The van der Waals surface area contributed by atoms with Crippen molar-refractivity contribution in [3.05, 3.63) is 65.5 Å². The average Bonchev–Trinajstić information content (AvgIpc) is 3.05. The highest BCUT2D eigenvalue weighted by atomic mass is 19.1. The summed E-state index contributed by atoms with van der Waals surface area (Å²) in [5.41, 5.74) is 1.93. The Morgan fingerprint density at radius 1 is 1.17 bits per heavy atom. The highest BCUT2D eigenvalue weighted by molar-refractivity contribution is 5.80. The molecular weight excluding hydrogens is 367 g/mol. The first kappa shape index (κ1) is 19.9. The molecule has 5 heteroatoms. The second kappa shape index (κ2) is 8.95. The molecule has 3 atom stereocenters. The van der Waals surface area contributed by atoms with Crippen molar-refractivity contribution in [1.82, 2.24) is 10.2 Å². The molecule has 154 valence electrons. The minimum atomic E-state index is -0.217. The highest BCUT2D eigenvalue weighted by Crippen LogP contribution is 2.36. The van der Waals surface area contributed by atoms with Crippen LogP contribution in [0, 0.1) is 5.82 Å². The lowest BCUT2D eigenvalue weighted by Gasteiger charge is -2.31. The normalized spacial score (nSPS) is 24.5. The van der Waals surface area contributed by atoms with E-state index >= 15 is 0 Å². The molecule has 0 spiro atoms. The molecule has 2 aromatic rings. The van der Waals surface area contributed by atoms with Gasteiger partial charge in [-0.3, -0.25) is 4.79 Å². The molecule has 0 saturated carbocycles. The van der Waals surface area contributed by atoms with Crippen LogP contribution in [0.25, 0.3) is 0 Å². The van der Waals surface area contributed by atoms with E-state index in [0.29, 0.717) is 13.0 Å². The smallest absolute Gasteiger partial charge is 0.227 e. The van der Waals surface area contributed by atoms with Gasteiger partial charge in [0.05, 0.1) is 13.5 Å². The molecule has 2 aliphatic heterocycles. The second-order valence-corrected chi connectivity index (χ2v) is 8.13. The van der Waals surface area contributed by atoms with Crippen LogP contribution in [0.4, 0.5) is 4.39 Å². The summed E-state index contributed by atoms with van der Waals surface area (Å²) in [5, 5.41) is 3.68. The van der Waals surface area contributed by atoms with Gasteiger partial charge in [0.25, 0.3) is 0 Å². The van der Waals surface area contributed by atoms with Crippen LogP contribution in [0.3, 0.4) is 0 Å². The van der Waals surface area contributed by atoms with Gasteiger partial charge in [-0.15, -0.1) is 0 Å². The molecule has 2 heterocycles. The van der Waals surface area contributed by atoms with Gasteiger partial charge in [0.1, 0.15) is 11.6 Å². The van der Waals surface area contributed by atoms with E-state index in [9.17, 15) is 9.18 Å². The summed E-state index contributed by atoms with van der Waals surface area (Å²) >= 11 is 0. The van der Waals surface area contributed by atoms with Crippen LogP contribution in [-0.4, -0.2) is 43.1 Å². The number of fused-ring (bicyclic) bond motifs is 1. The number of carbonyl (C=O) groups is 1. The molecule has 0 aliphatic carbocycles. The predicted molar refractivity (Wildman–Crippen MR) is 112 cm³/mol. The Balaban J connectivity index is 1.58. The maximum absolute atomic E-state index is 13.9. The number of nitrogens with one attached hydrogen (secondary N) is 1. The first-order valence-electron chi connectivity index (χ1n) is 10.6. The van der Waals surface area contributed by atoms with Gasteiger partial charge in [-0.2, -0.15) is 0 Å². The van der Waals surface area contributed by atoms with Gasteiger partial charge < -0.3 is 15.0 Å². The lowest BCUT2D eigenvalue weighted by atomic mass is 9.88. The Labute approximate surface area is 172 Å². The SMILES string of the molecule is COc1cccc(CC(=O)N2C[C@@H](c3cccc(F)c3)[C@@H]3NCCCCC[C@H]32)c1. The largest absolute Gasteiger partial charge is 0.497 e. The van der Waals surface area contributed by atoms with Gasteiger partial charge in [-0.25, -0.2) is 4.39 Å². The molecule has 29 heavy (non-hydrogen) atoms. The summed E-state index contributed by atoms with van der Waals surface area (Å²) in [6.45, 7) is 1.58. The Kier molecular flexibility index (Phi) is 6.14. The van der Waals surface area contributed by atoms with Crippen molar-refractivity contribution in [3.63, 3.8) is 0 Å². The molecule has 4 rings (SSSR count). The number of hydrogen-bond donors (Lipinski definition) is 1. The third-order valence-electron chi connectivity index (χ3n) is 6.29. The summed E-state index contributed by atoms with van der Waals surface area (Å²) in [7, 11) is 1.63. The predicted octanol–water partition coefficient (Wildman–Crippen LogP) is 3.90. The van der Waals surface area contributed by atoms with E-state index in [0.717, 1.165) is 42.7 Å². The molecule has 2 aromatic carbocycles. The van der Waals surface area contributed by atoms with E-state index in [2.05, 4.69) is 5.32 Å². The van der Waals surface area contributed by atoms with E-state index < -0.39 is 0 Å². The Bertz CT molecular complexity index is 856. The number of likely N-dealkylation sites (tertiary alicyclic amines) is 1. The fraction of sp³-hybridized carbons (Fsp3) is 0.458. The number of rotatable bonds is 4. The van der Waals surface area contributed by atoms with Gasteiger partial charge in [0, 0.05) is 24.5 Å². The minimum absolute atomic E-state index is 0.114. The van der Waals surface area contributed by atoms with Crippen LogP contribution in [0.15, 0.2) is 48.5 Å². The van der Waals surface area contributed by atoms with Crippen molar-refractivity contribution in [2.45, 2.75) is 50.1 Å². The molecule has 0 radical (unpaired) electrons. The standard InChI is InChI=1S/C24H29FN2O2/c1-29-20-10-5-7-17(13-20)14-23(28)27-16-21(18-8-6-9-19(25)15-18)24-22(27)11-3-2-4-12-26-24/h5-10,13,15,21-22,24,26H,2-4,11-12,14,16H2,1H3/t21-,22+,24-/m0/s1.